The smallest absolute Gasteiger partial charge is 0.273 e. The summed E-state index contributed by atoms with van der Waals surface area (Å²) in [5, 5.41) is 22.8. The van der Waals surface area contributed by atoms with Gasteiger partial charge in [0.1, 0.15) is 10.8 Å². The number of methoxy groups -OCH3 is 1. The molecule has 1 aliphatic rings. The Hall–Kier alpha value is -3.86. The van der Waals surface area contributed by atoms with E-state index in [0.717, 1.165) is 5.69 Å². The molecule has 0 aliphatic carbocycles. The van der Waals surface area contributed by atoms with Crippen molar-refractivity contribution in [2.75, 3.05) is 23.9 Å². The van der Waals surface area contributed by atoms with E-state index in [0.29, 0.717) is 23.7 Å². The first-order valence-electron chi connectivity index (χ1n) is 9.70. The predicted octanol–water partition coefficient (Wildman–Crippen LogP) is 3.54. The number of nitro benzene ring substituents is 1. The Kier molecular flexibility index (Phi) is 5.82. The van der Waals surface area contributed by atoms with Crippen molar-refractivity contribution in [1.82, 2.24) is 10.2 Å². The molecule has 1 saturated heterocycles. The minimum Gasteiger partial charge on any atom is -0.497 e. The quantitative estimate of drug-likeness (QED) is 0.447. The first-order valence-corrected chi connectivity index (χ1v) is 10.5. The zero-order valence-electron chi connectivity index (χ0n) is 17.3. The minimum atomic E-state index is -0.527. The number of hydrogen-bond acceptors (Lipinski definition) is 8. The normalized spacial score (nSPS) is 15.6. The van der Waals surface area contributed by atoms with Gasteiger partial charge in [-0.25, -0.2) is 0 Å². The lowest BCUT2D eigenvalue weighted by molar-refractivity contribution is -0.385. The molecule has 1 atom stereocenters. The van der Waals surface area contributed by atoms with E-state index in [1.165, 1.54) is 36.5 Å². The van der Waals surface area contributed by atoms with Crippen LogP contribution < -0.4 is 15.0 Å². The van der Waals surface area contributed by atoms with Crippen molar-refractivity contribution in [3.8, 4) is 5.75 Å². The van der Waals surface area contributed by atoms with E-state index in [-0.39, 0.29) is 33.8 Å². The van der Waals surface area contributed by atoms with Gasteiger partial charge in [0.2, 0.25) is 11.0 Å². The number of anilines is 2. The van der Waals surface area contributed by atoms with E-state index in [1.807, 2.05) is 12.1 Å². The maximum absolute atomic E-state index is 12.6. The van der Waals surface area contributed by atoms with Crippen LogP contribution in [0, 0.1) is 17.0 Å². The highest BCUT2D eigenvalue weighted by Gasteiger charge is 2.34. The van der Waals surface area contributed by atoms with E-state index in [1.54, 1.807) is 24.1 Å². The average molecular weight is 453 g/mol. The fourth-order valence-electron chi connectivity index (χ4n) is 3.57. The molecule has 4 rings (SSSR count). The molecule has 0 bridgehead atoms. The minimum absolute atomic E-state index is 0.0202. The molecule has 2 aromatic carbocycles. The van der Waals surface area contributed by atoms with Crippen molar-refractivity contribution in [2.45, 2.75) is 19.3 Å². The molecule has 1 N–H and O–H groups in total. The third-order valence-electron chi connectivity index (χ3n) is 5.27. The first kappa shape index (κ1) is 21.4. The largest absolute Gasteiger partial charge is 0.497 e. The SMILES string of the molecule is COc1ccc(N2CC(c3nnc(NC(=O)c4cccc([N+](=O)[O-])c4C)s3)CC2=O)cc1. The second-order valence-corrected chi connectivity index (χ2v) is 8.22. The molecule has 2 amide bonds. The topological polar surface area (TPSA) is 128 Å². The van der Waals surface area contributed by atoms with Crippen LogP contribution in [0.4, 0.5) is 16.5 Å². The number of amides is 2. The highest BCUT2D eigenvalue weighted by Crippen LogP contribution is 2.35. The van der Waals surface area contributed by atoms with Crippen molar-refractivity contribution in [1.29, 1.82) is 0 Å². The van der Waals surface area contributed by atoms with E-state index < -0.39 is 10.8 Å². The highest BCUT2D eigenvalue weighted by atomic mass is 32.1. The number of nitrogens with one attached hydrogen (secondary N) is 1. The second-order valence-electron chi connectivity index (χ2n) is 7.21. The Labute approximate surface area is 187 Å². The number of nitro groups is 1. The summed E-state index contributed by atoms with van der Waals surface area (Å²) in [6, 6.07) is 11.6. The van der Waals surface area contributed by atoms with E-state index in [2.05, 4.69) is 15.5 Å². The van der Waals surface area contributed by atoms with Crippen LogP contribution in [0.2, 0.25) is 0 Å². The number of carbonyl (C=O) groups excluding carboxylic acids is 2. The Morgan fingerprint density at radius 3 is 2.69 bits per heavy atom. The Balaban J connectivity index is 1.46. The summed E-state index contributed by atoms with van der Waals surface area (Å²) >= 11 is 1.19. The summed E-state index contributed by atoms with van der Waals surface area (Å²) in [5.74, 6) is 0.0390. The summed E-state index contributed by atoms with van der Waals surface area (Å²) < 4.78 is 5.15. The number of carbonyl (C=O) groups is 2. The standard InChI is InChI=1S/C21H19N5O5S/c1-12-16(4-3-5-17(12)26(29)30)19(28)22-21-24-23-20(32-21)13-10-18(27)25(11-13)14-6-8-15(31-2)9-7-14/h3-9,13H,10-11H2,1-2H3,(H,22,24,28). The third-order valence-corrected chi connectivity index (χ3v) is 6.27. The van der Waals surface area contributed by atoms with E-state index in [9.17, 15) is 19.7 Å². The van der Waals surface area contributed by atoms with Gasteiger partial charge in [-0.3, -0.25) is 25.0 Å². The molecule has 0 saturated carbocycles. The first-order chi connectivity index (χ1) is 15.4. The zero-order chi connectivity index (χ0) is 22.8. The van der Waals surface area contributed by atoms with Gasteiger partial charge >= 0.3 is 0 Å². The van der Waals surface area contributed by atoms with Gasteiger partial charge in [0, 0.05) is 41.8 Å². The maximum Gasteiger partial charge on any atom is 0.273 e. The van der Waals surface area contributed by atoms with E-state index in [4.69, 9.17) is 4.74 Å². The fraction of sp³-hybridized carbons (Fsp3) is 0.238. The van der Waals surface area contributed by atoms with Crippen molar-refractivity contribution < 1.29 is 19.2 Å². The fourth-order valence-corrected chi connectivity index (χ4v) is 4.40. The number of benzene rings is 2. The lowest BCUT2D eigenvalue weighted by Crippen LogP contribution is -2.24. The van der Waals surface area contributed by atoms with E-state index >= 15 is 0 Å². The molecular weight excluding hydrogens is 434 g/mol. The lowest BCUT2D eigenvalue weighted by atomic mass is 10.1. The summed E-state index contributed by atoms with van der Waals surface area (Å²) in [7, 11) is 1.58. The number of ether oxygens (including phenoxy) is 1. The number of aromatic nitrogens is 2. The van der Waals surface area contributed by atoms with Crippen LogP contribution in [-0.4, -0.2) is 40.6 Å². The van der Waals surface area contributed by atoms with Gasteiger partial charge in [-0.1, -0.05) is 17.4 Å². The summed E-state index contributed by atoms with van der Waals surface area (Å²) in [4.78, 5) is 37.4. The molecule has 32 heavy (non-hydrogen) atoms. The van der Waals surface area contributed by atoms with Crippen LogP contribution in [0.1, 0.15) is 33.3 Å². The molecule has 0 radical (unpaired) electrons. The van der Waals surface area contributed by atoms with Gasteiger partial charge in [-0.05, 0) is 37.3 Å². The van der Waals surface area contributed by atoms with Crippen molar-refractivity contribution in [2.24, 2.45) is 0 Å². The van der Waals surface area contributed by atoms with Crippen molar-refractivity contribution in [3.63, 3.8) is 0 Å². The molecule has 164 valence electrons. The Morgan fingerprint density at radius 2 is 2.00 bits per heavy atom. The van der Waals surface area contributed by atoms with Crippen molar-refractivity contribution in [3.05, 3.63) is 68.7 Å². The molecule has 1 fully saturated rings. The van der Waals surface area contributed by atoms with Crippen LogP contribution >= 0.6 is 11.3 Å². The van der Waals surface area contributed by atoms with Gasteiger partial charge in [-0.15, -0.1) is 10.2 Å². The van der Waals surface area contributed by atoms with Gasteiger partial charge in [0.25, 0.3) is 11.6 Å². The number of hydrogen-bond donors (Lipinski definition) is 1. The lowest BCUT2D eigenvalue weighted by Gasteiger charge is -2.16. The molecule has 3 aromatic rings. The molecule has 1 aliphatic heterocycles. The molecule has 1 unspecified atom stereocenters. The predicted molar refractivity (Wildman–Crippen MR) is 118 cm³/mol. The number of rotatable bonds is 6. The molecule has 2 heterocycles. The zero-order valence-corrected chi connectivity index (χ0v) is 18.1. The van der Waals surface area contributed by atoms with Gasteiger partial charge < -0.3 is 9.64 Å². The third kappa shape index (κ3) is 4.14. The molecular formula is C21H19N5O5S. The molecule has 11 heteroatoms. The monoisotopic (exact) mass is 453 g/mol. The Bertz CT molecular complexity index is 1190. The highest BCUT2D eigenvalue weighted by molar-refractivity contribution is 7.15. The van der Waals surface area contributed by atoms with Crippen molar-refractivity contribution >= 4 is 39.7 Å². The van der Waals surface area contributed by atoms with Crippen LogP contribution in [0.3, 0.4) is 0 Å². The maximum atomic E-state index is 12.6. The molecule has 1 aromatic heterocycles. The summed E-state index contributed by atoms with van der Waals surface area (Å²) in [6.07, 6.45) is 0.290. The summed E-state index contributed by atoms with van der Waals surface area (Å²) in [5.41, 5.74) is 1.12. The van der Waals surface area contributed by atoms with Gasteiger partial charge in [0.05, 0.1) is 12.0 Å². The Morgan fingerprint density at radius 1 is 1.25 bits per heavy atom. The van der Waals surface area contributed by atoms with Crippen LogP contribution in [0.25, 0.3) is 0 Å². The summed E-state index contributed by atoms with van der Waals surface area (Å²) in [6.45, 7) is 1.98. The van der Waals surface area contributed by atoms with Gasteiger partial charge in [0.15, 0.2) is 0 Å². The second kappa shape index (κ2) is 8.71. The van der Waals surface area contributed by atoms with Crippen LogP contribution in [-0.2, 0) is 4.79 Å². The van der Waals surface area contributed by atoms with Crippen LogP contribution in [0.15, 0.2) is 42.5 Å². The number of nitrogens with zero attached hydrogens (tertiary/aromatic N) is 4. The van der Waals surface area contributed by atoms with Crippen LogP contribution in [0.5, 0.6) is 5.75 Å². The molecule has 10 nitrogen and oxygen atoms in total. The molecule has 0 spiro atoms. The van der Waals surface area contributed by atoms with Gasteiger partial charge in [-0.2, -0.15) is 0 Å². The average Bonchev–Trinajstić information content (AvgIpc) is 3.40.